The van der Waals surface area contributed by atoms with Crippen LogP contribution in [0.2, 0.25) is 5.02 Å². The topological polar surface area (TPSA) is 78.0 Å². The molecule has 1 aromatic carbocycles. The van der Waals surface area contributed by atoms with Gasteiger partial charge in [0, 0.05) is 18.0 Å². The SMILES string of the molecule is CCc1ncc(C(=O)NCC(O)c2ccc(Cl)cc2)[nH]1. The van der Waals surface area contributed by atoms with Crippen LogP contribution in [0, 0.1) is 0 Å². The third-order valence-electron chi connectivity index (χ3n) is 2.92. The van der Waals surface area contributed by atoms with E-state index in [1.165, 1.54) is 6.20 Å². The molecule has 20 heavy (non-hydrogen) atoms. The molecule has 0 saturated heterocycles. The molecule has 3 N–H and O–H groups in total. The van der Waals surface area contributed by atoms with E-state index >= 15 is 0 Å². The number of aryl methyl sites for hydroxylation is 1. The summed E-state index contributed by atoms with van der Waals surface area (Å²) < 4.78 is 0. The highest BCUT2D eigenvalue weighted by atomic mass is 35.5. The standard InChI is InChI=1S/C14H16ClN3O2/c1-2-13-16-7-11(18-13)14(20)17-8-12(19)9-3-5-10(15)6-4-9/h3-7,12,19H,2,8H2,1H3,(H,16,18)(H,17,20). The maximum absolute atomic E-state index is 11.8. The molecule has 106 valence electrons. The van der Waals surface area contributed by atoms with E-state index in [1.54, 1.807) is 24.3 Å². The average molecular weight is 294 g/mol. The summed E-state index contributed by atoms with van der Waals surface area (Å²) in [6.45, 7) is 2.08. The number of benzene rings is 1. The van der Waals surface area contributed by atoms with Crippen LogP contribution in [0.5, 0.6) is 0 Å². The van der Waals surface area contributed by atoms with Crippen LogP contribution in [0.4, 0.5) is 0 Å². The van der Waals surface area contributed by atoms with Gasteiger partial charge < -0.3 is 15.4 Å². The number of aromatic nitrogens is 2. The number of aliphatic hydroxyl groups excluding tert-OH is 1. The number of imidazole rings is 1. The summed E-state index contributed by atoms with van der Waals surface area (Å²) in [5, 5.41) is 13.2. The molecular formula is C14H16ClN3O2. The third kappa shape index (κ3) is 3.59. The first-order valence-electron chi connectivity index (χ1n) is 6.35. The molecule has 0 aliphatic heterocycles. The van der Waals surface area contributed by atoms with Crippen LogP contribution in [-0.2, 0) is 6.42 Å². The summed E-state index contributed by atoms with van der Waals surface area (Å²) in [5.74, 6) is 0.471. The number of aliphatic hydroxyl groups is 1. The molecule has 5 nitrogen and oxygen atoms in total. The van der Waals surface area contributed by atoms with Gasteiger partial charge in [-0.05, 0) is 17.7 Å². The van der Waals surface area contributed by atoms with E-state index < -0.39 is 6.10 Å². The summed E-state index contributed by atoms with van der Waals surface area (Å²) in [7, 11) is 0. The zero-order valence-corrected chi connectivity index (χ0v) is 11.8. The fourth-order valence-electron chi connectivity index (χ4n) is 1.74. The second kappa shape index (κ2) is 6.54. The minimum Gasteiger partial charge on any atom is -0.387 e. The molecule has 0 aliphatic carbocycles. The van der Waals surface area contributed by atoms with Crippen molar-refractivity contribution >= 4 is 17.5 Å². The minimum absolute atomic E-state index is 0.126. The van der Waals surface area contributed by atoms with E-state index in [1.807, 2.05) is 6.92 Å². The largest absolute Gasteiger partial charge is 0.387 e. The van der Waals surface area contributed by atoms with Gasteiger partial charge in [-0.1, -0.05) is 30.7 Å². The van der Waals surface area contributed by atoms with Crippen molar-refractivity contribution in [3.05, 3.63) is 52.6 Å². The van der Waals surface area contributed by atoms with Gasteiger partial charge in [-0.15, -0.1) is 0 Å². The molecule has 0 radical (unpaired) electrons. The molecule has 0 spiro atoms. The van der Waals surface area contributed by atoms with Gasteiger partial charge in [0.15, 0.2) is 0 Å². The van der Waals surface area contributed by atoms with Gasteiger partial charge in [0.1, 0.15) is 11.5 Å². The van der Waals surface area contributed by atoms with Crippen molar-refractivity contribution in [3.8, 4) is 0 Å². The Hall–Kier alpha value is -1.85. The molecule has 1 unspecified atom stereocenters. The van der Waals surface area contributed by atoms with Crippen LogP contribution in [-0.4, -0.2) is 27.5 Å². The number of H-pyrrole nitrogens is 1. The van der Waals surface area contributed by atoms with Crippen molar-refractivity contribution < 1.29 is 9.90 Å². The molecule has 0 bridgehead atoms. The molecule has 2 aromatic rings. The molecule has 1 atom stereocenters. The van der Waals surface area contributed by atoms with Crippen molar-refractivity contribution in [2.24, 2.45) is 0 Å². The van der Waals surface area contributed by atoms with Crippen molar-refractivity contribution in [3.63, 3.8) is 0 Å². The predicted molar refractivity (Wildman–Crippen MR) is 76.7 cm³/mol. The fourth-order valence-corrected chi connectivity index (χ4v) is 1.87. The lowest BCUT2D eigenvalue weighted by Crippen LogP contribution is -2.28. The molecule has 1 heterocycles. The molecular weight excluding hydrogens is 278 g/mol. The zero-order valence-electron chi connectivity index (χ0n) is 11.1. The second-order valence-corrected chi connectivity index (χ2v) is 4.81. The van der Waals surface area contributed by atoms with E-state index in [-0.39, 0.29) is 12.5 Å². The van der Waals surface area contributed by atoms with Crippen molar-refractivity contribution in [1.29, 1.82) is 0 Å². The van der Waals surface area contributed by atoms with Crippen molar-refractivity contribution in [2.75, 3.05) is 6.54 Å². The van der Waals surface area contributed by atoms with Crippen LogP contribution in [0.15, 0.2) is 30.5 Å². The van der Waals surface area contributed by atoms with Crippen LogP contribution < -0.4 is 5.32 Å². The highest BCUT2D eigenvalue weighted by molar-refractivity contribution is 6.30. The van der Waals surface area contributed by atoms with E-state index in [9.17, 15) is 9.90 Å². The molecule has 0 fully saturated rings. The maximum atomic E-state index is 11.8. The molecule has 0 aliphatic rings. The average Bonchev–Trinajstić information content (AvgIpc) is 2.94. The monoisotopic (exact) mass is 293 g/mol. The van der Waals surface area contributed by atoms with Crippen molar-refractivity contribution in [1.82, 2.24) is 15.3 Å². The van der Waals surface area contributed by atoms with E-state index in [0.717, 1.165) is 12.2 Å². The lowest BCUT2D eigenvalue weighted by Gasteiger charge is -2.11. The summed E-state index contributed by atoms with van der Waals surface area (Å²) in [6, 6.07) is 6.85. The third-order valence-corrected chi connectivity index (χ3v) is 3.17. The summed E-state index contributed by atoms with van der Waals surface area (Å²) >= 11 is 5.78. The summed E-state index contributed by atoms with van der Waals surface area (Å²) in [4.78, 5) is 18.8. The normalized spacial score (nSPS) is 12.2. The van der Waals surface area contributed by atoms with Crippen LogP contribution >= 0.6 is 11.6 Å². The van der Waals surface area contributed by atoms with E-state index in [4.69, 9.17) is 11.6 Å². The Morgan fingerprint density at radius 3 is 2.75 bits per heavy atom. The number of halogens is 1. The summed E-state index contributed by atoms with van der Waals surface area (Å²) in [6.07, 6.45) is 1.45. The maximum Gasteiger partial charge on any atom is 0.269 e. The Labute approximate surface area is 122 Å². The highest BCUT2D eigenvalue weighted by Crippen LogP contribution is 2.15. The Kier molecular flexibility index (Phi) is 4.76. The van der Waals surface area contributed by atoms with Gasteiger partial charge in [0.05, 0.1) is 12.3 Å². The van der Waals surface area contributed by atoms with Crippen LogP contribution in [0.3, 0.4) is 0 Å². The zero-order chi connectivity index (χ0) is 14.5. The first-order valence-corrected chi connectivity index (χ1v) is 6.73. The second-order valence-electron chi connectivity index (χ2n) is 4.37. The number of rotatable bonds is 5. The smallest absolute Gasteiger partial charge is 0.269 e. The number of amides is 1. The fraction of sp³-hybridized carbons (Fsp3) is 0.286. The number of aromatic amines is 1. The van der Waals surface area contributed by atoms with Gasteiger partial charge in [-0.3, -0.25) is 4.79 Å². The predicted octanol–water partition coefficient (Wildman–Crippen LogP) is 2.09. The van der Waals surface area contributed by atoms with Gasteiger partial charge in [-0.25, -0.2) is 4.98 Å². The Morgan fingerprint density at radius 1 is 1.45 bits per heavy atom. The Bertz CT molecular complexity index is 580. The molecule has 6 heteroatoms. The number of hydrogen-bond acceptors (Lipinski definition) is 3. The van der Waals surface area contributed by atoms with Crippen molar-refractivity contribution in [2.45, 2.75) is 19.4 Å². The quantitative estimate of drug-likeness (QED) is 0.790. The molecule has 1 aromatic heterocycles. The van der Waals surface area contributed by atoms with Gasteiger partial charge in [0.25, 0.3) is 5.91 Å². The summed E-state index contributed by atoms with van der Waals surface area (Å²) in [5.41, 5.74) is 1.10. The number of nitrogens with one attached hydrogen (secondary N) is 2. The minimum atomic E-state index is -0.773. The first-order chi connectivity index (χ1) is 9.60. The van der Waals surface area contributed by atoms with E-state index in [0.29, 0.717) is 16.3 Å². The number of carbonyl (C=O) groups excluding carboxylic acids is 1. The van der Waals surface area contributed by atoms with Crippen LogP contribution in [0.1, 0.15) is 34.9 Å². The Morgan fingerprint density at radius 2 is 2.15 bits per heavy atom. The van der Waals surface area contributed by atoms with Gasteiger partial charge >= 0.3 is 0 Å². The number of carbonyl (C=O) groups is 1. The van der Waals surface area contributed by atoms with Gasteiger partial charge in [-0.2, -0.15) is 0 Å². The van der Waals surface area contributed by atoms with E-state index in [2.05, 4.69) is 15.3 Å². The lowest BCUT2D eigenvalue weighted by atomic mass is 10.1. The number of nitrogens with zero attached hydrogens (tertiary/aromatic N) is 1. The molecule has 1 amide bonds. The first kappa shape index (κ1) is 14.6. The number of hydrogen-bond donors (Lipinski definition) is 3. The van der Waals surface area contributed by atoms with Gasteiger partial charge in [0.2, 0.25) is 0 Å². The molecule has 2 rings (SSSR count). The highest BCUT2D eigenvalue weighted by Gasteiger charge is 2.12. The Balaban J connectivity index is 1.91. The lowest BCUT2D eigenvalue weighted by molar-refractivity contribution is 0.0912. The van der Waals surface area contributed by atoms with Crippen LogP contribution in [0.25, 0.3) is 0 Å². The molecule has 0 saturated carbocycles.